The Morgan fingerprint density at radius 2 is 2.33 bits per heavy atom. The lowest BCUT2D eigenvalue weighted by Gasteiger charge is -2.07. The zero-order valence-corrected chi connectivity index (χ0v) is 10.6. The maximum atomic E-state index is 8.77. The molecule has 0 fully saturated rings. The summed E-state index contributed by atoms with van der Waals surface area (Å²) < 4.78 is 2.04. The summed E-state index contributed by atoms with van der Waals surface area (Å²) in [6.45, 7) is 1.78. The molecule has 0 saturated heterocycles. The fourth-order valence-electron chi connectivity index (χ4n) is 1.63. The van der Waals surface area contributed by atoms with Crippen molar-refractivity contribution in [3.63, 3.8) is 0 Å². The van der Waals surface area contributed by atoms with Gasteiger partial charge in [-0.1, -0.05) is 11.6 Å². The molecule has 1 heterocycles. The average molecular weight is 261 g/mol. The molecule has 4 nitrogen and oxygen atoms in total. The van der Waals surface area contributed by atoms with E-state index in [4.69, 9.17) is 16.9 Å². The van der Waals surface area contributed by atoms with Crippen LogP contribution in [0.2, 0.25) is 5.02 Å². The van der Waals surface area contributed by atoms with Crippen molar-refractivity contribution in [3.05, 3.63) is 47.5 Å². The highest BCUT2D eigenvalue weighted by Gasteiger charge is 2.00. The normalized spacial score (nSPS) is 10.0. The minimum absolute atomic E-state index is 0.483. The van der Waals surface area contributed by atoms with E-state index in [2.05, 4.69) is 10.3 Å². The van der Waals surface area contributed by atoms with Crippen molar-refractivity contribution in [3.8, 4) is 6.07 Å². The molecule has 0 amide bonds. The number of nitriles is 1. The van der Waals surface area contributed by atoms with Crippen LogP contribution in [0.3, 0.4) is 0 Å². The van der Waals surface area contributed by atoms with E-state index < -0.39 is 0 Å². The number of aryl methyl sites for hydroxylation is 1. The van der Waals surface area contributed by atoms with Crippen LogP contribution in [-0.4, -0.2) is 16.1 Å². The summed E-state index contributed by atoms with van der Waals surface area (Å²) >= 11 is 5.95. The Bertz CT molecular complexity index is 543. The van der Waals surface area contributed by atoms with Gasteiger partial charge < -0.3 is 9.88 Å². The summed E-state index contributed by atoms with van der Waals surface area (Å²) in [5.41, 5.74) is 1.44. The van der Waals surface area contributed by atoms with Crippen molar-refractivity contribution >= 4 is 17.3 Å². The summed E-state index contributed by atoms with van der Waals surface area (Å²) in [5.74, 6) is 0. The summed E-state index contributed by atoms with van der Waals surface area (Å²) in [5, 5.41) is 12.5. The molecule has 1 aromatic carbocycles. The van der Waals surface area contributed by atoms with E-state index in [0.29, 0.717) is 10.6 Å². The SMILES string of the molecule is N#Cc1ccc(NCCCn2ccnc2)cc1Cl. The number of halogens is 1. The molecule has 92 valence electrons. The average Bonchev–Trinajstić information content (AvgIpc) is 2.88. The maximum Gasteiger partial charge on any atom is 0.101 e. The minimum Gasteiger partial charge on any atom is -0.385 e. The van der Waals surface area contributed by atoms with Crippen LogP contribution < -0.4 is 5.32 Å². The number of anilines is 1. The quantitative estimate of drug-likeness (QED) is 0.841. The van der Waals surface area contributed by atoms with E-state index in [1.807, 2.05) is 22.9 Å². The van der Waals surface area contributed by atoms with Gasteiger partial charge in [0, 0.05) is 31.2 Å². The van der Waals surface area contributed by atoms with Crippen molar-refractivity contribution in [1.29, 1.82) is 5.26 Å². The van der Waals surface area contributed by atoms with E-state index in [0.717, 1.165) is 25.2 Å². The number of hydrogen-bond donors (Lipinski definition) is 1. The summed E-state index contributed by atoms with van der Waals surface area (Å²) in [4.78, 5) is 3.98. The summed E-state index contributed by atoms with van der Waals surface area (Å²) in [6, 6.07) is 7.40. The Labute approximate surface area is 111 Å². The van der Waals surface area contributed by atoms with Crippen molar-refractivity contribution < 1.29 is 0 Å². The third kappa shape index (κ3) is 3.25. The van der Waals surface area contributed by atoms with Crippen LogP contribution >= 0.6 is 11.6 Å². The van der Waals surface area contributed by atoms with Gasteiger partial charge in [-0.25, -0.2) is 4.98 Å². The van der Waals surface area contributed by atoms with Gasteiger partial charge in [-0.05, 0) is 24.6 Å². The Balaban J connectivity index is 1.80. The van der Waals surface area contributed by atoms with Crippen molar-refractivity contribution in [2.24, 2.45) is 0 Å². The first-order chi connectivity index (χ1) is 8.79. The van der Waals surface area contributed by atoms with Crippen LogP contribution in [0.25, 0.3) is 0 Å². The zero-order chi connectivity index (χ0) is 12.8. The highest BCUT2D eigenvalue weighted by Crippen LogP contribution is 2.20. The van der Waals surface area contributed by atoms with Crippen LogP contribution in [-0.2, 0) is 6.54 Å². The number of benzene rings is 1. The summed E-state index contributed by atoms with van der Waals surface area (Å²) in [6.07, 6.45) is 6.51. The van der Waals surface area contributed by atoms with Crippen LogP contribution in [0.5, 0.6) is 0 Å². The van der Waals surface area contributed by atoms with E-state index >= 15 is 0 Å². The lowest BCUT2D eigenvalue weighted by Crippen LogP contribution is -2.05. The molecule has 1 aromatic heterocycles. The molecule has 0 unspecified atom stereocenters. The topological polar surface area (TPSA) is 53.6 Å². The van der Waals surface area contributed by atoms with Crippen LogP contribution in [0, 0.1) is 11.3 Å². The van der Waals surface area contributed by atoms with Crippen molar-refractivity contribution in [1.82, 2.24) is 9.55 Å². The lowest BCUT2D eigenvalue weighted by atomic mass is 10.2. The molecular formula is C13H13ClN4. The molecule has 0 saturated carbocycles. The smallest absolute Gasteiger partial charge is 0.101 e. The highest BCUT2D eigenvalue weighted by atomic mass is 35.5. The maximum absolute atomic E-state index is 8.77. The van der Waals surface area contributed by atoms with Gasteiger partial charge in [-0.2, -0.15) is 5.26 Å². The molecule has 18 heavy (non-hydrogen) atoms. The minimum atomic E-state index is 0.483. The van der Waals surface area contributed by atoms with Crippen LogP contribution in [0.15, 0.2) is 36.9 Å². The Morgan fingerprint density at radius 1 is 1.44 bits per heavy atom. The molecule has 0 bridgehead atoms. The second kappa shape index (κ2) is 6.08. The predicted molar refractivity (Wildman–Crippen MR) is 71.5 cm³/mol. The Kier molecular flexibility index (Phi) is 4.21. The fraction of sp³-hybridized carbons (Fsp3) is 0.231. The molecule has 0 aliphatic carbocycles. The van der Waals surface area contributed by atoms with Gasteiger partial charge in [0.05, 0.1) is 16.9 Å². The molecule has 2 rings (SSSR count). The molecule has 1 N–H and O–H groups in total. The van der Waals surface area contributed by atoms with E-state index in [-0.39, 0.29) is 0 Å². The molecular weight excluding hydrogens is 248 g/mol. The van der Waals surface area contributed by atoms with Crippen molar-refractivity contribution in [2.45, 2.75) is 13.0 Å². The first-order valence-electron chi connectivity index (χ1n) is 5.69. The van der Waals surface area contributed by atoms with Gasteiger partial charge in [0.25, 0.3) is 0 Å². The Morgan fingerprint density at radius 3 is 3.00 bits per heavy atom. The van der Waals surface area contributed by atoms with Gasteiger partial charge in [-0.15, -0.1) is 0 Å². The van der Waals surface area contributed by atoms with E-state index in [1.54, 1.807) is 24.7 Å². The molecule has 0 radical (unpaired) electrons. The first-order valence-corrected chi connectivity index (χ1v) is 6.06. The molecule has 0 aliphatic rings. The van der Waals surface area contributed by atoms with Gasteiger partial charge in [0.1, 0.15) is 6.07 Å². The predicted octanol–water partition coefficient (Wildman–Crippen LogP) is 2.91. The zero-order valence-electron chi connectivity index (χ0n) is 9.81. The molecule has 5 heteroatoms. The highest BCUT2D eigenvalue weighted by molar-refractivity contribution is 6.32. The summed E-state index contributed by atoms with van der Waals surface area (Å²) in [7, 11) is 0. The monoisotopic (exact) mass is 260 g/mol. The number of imidazole rings is 1. The molecule has 2 aromatic rings. The molecule has 0 aliphatic heterocycles. The number of nitrogens with zero attached hydrogens (tertiary/aromatic N) is 3. The van der Waals surface area contributed by atoms with E-state index in [9.17, 15) is 0 Å². The molecule has 0 spiro atoms. The van der Waals surface area contributed by atoms with Crippen molar-refractivity contribution in [2.75, 3.05) is 11.9 Å². The van der Waals surface area contributed by atoms with Gasteiger partial charge in [-0.3, -0.25) is 0 Å². The standard InChI is InChI=1S/C13H13ClN4/c14-13-8-12(3-2-11(13)9-15)17-4-1-6-18-7-5-16-10-18/h2-3,5,7-8,10,17H,1,4,6H2. The largest absolute Gasteiger partial charge is 0.385 e. The van der Waals surface area contributed by atoms with Gasteiger partial charge in [0.2, 0.25) is 0 Å². The lowest BCUT2D eigenvalue weighted by molar-refractivity contribution is 0.661. The van der Waals surface area contributed by atoms with Crippen LogP contribution in [0.1, 0.15) is 12.0 Å². The first kappa shape index (κ1) is 12.5. The second-order valence-electron chi connectivity index (χ2n) is 3.89. The third-order valence-corrected chi connectivity index (χ3v) is 2.88. The third-order valence-electron chi connectivity index (χ3n) is 2.57. The van der Waals surface area contributed by atoms with Gasteiger partial charge >= 0.3 is 0 Å². The fourth-order valence-corrected chi connectivity index (χ4v) is 1.85. The number of nitrogens with one attached hydrogen (secondary N) is 1. The second-order valence-corrected chi connectivity index (χ2v) is 4.29. The van der Waals surface area contributed by atoms with Crippen LogP contribution in [0.4, 0.5) is 5.69 Å². The molecule has 0 atom stereocenters. The van der Waals surface area contributed by atoms with Gasteiger partial charge in [0.15, 0.2) is 0 Å². The number of hydrogen-bond acceptors (Lipinski definition) is 3. The number of aromatic nitrogens is 2. The van der Waals surface area contributed by atoms with E-state index in [1.165, 1.54) is 0 Å². The Hall–Kier alpha value is -1.99. The number of rotatable bonds is 5.